The average Bonchev–Trinajstić information content (AvgIpc) is 2.78. The maximum atomic E-state index is 12.6. The van der Waals surface area contributed by atoms with Crippen LogP contribution in [0.4, 0.5) is 17.1 Å². The molecule has 180 valence electrons. The molecule has 0 spiro atoms. The number of sulfonamides is 2. The van der Waals surface area contributed by atoms with Gasteiger partial charge in [0.2, 0.25) is 15.9 Å². The number of hydrogen-bond donors (Lipinski definition) is 2. The Kier molecular flexibility index (Phi) is 7.85. The molecule has 0 aliphatic carbocycles. The maximum Gasteiger partial charge on any atom is 0.261 e. The molecule has 0 radical (unpaired) electrons. The molecule has 0 bridgehead atoms. The number of hydrogen-bond acceptors (Lipinski definition) is 6. The third-order valence-electron chi connectivity index (χ3n) is 4.60. The van der Waals surface area contributed by atoms with E-state index in [4.69, 9.17) is 4.74 Å². The number of halogens is 1. The number of carbonyl (C=O) groups is 1. The number of nitrogens with zero attached hydrogens (tertiary/aromatic N) is 1. The quantitative estimate of drug-likeness (QED) is 0.407. The van der Waals surface area contributed by atoms with Gasteiger partial charge in [-0.25, -0.2) is 16.8 Å². The highest BCUT2D eigenvalue weighted by atomic mass is 79.9. The molecule has 9 nitrogen and oxygen atoms in total. The van der Waals surface area contributed by atoms with Crippen LogP contribution < -0.4 is 19.1 Å². The zero-order chi connectivity index (χ0) is 24.9. The van der Waals surface area contributed by atoms with Crippen LogP contribution in [-0.4, -0.2) is 42.7 Å². The normalized spacial score (nSPS) is 11.5. The van der Waals surface area contributed by atoms with E-state index >= 15 is 0 Å². The van der Waals surface area contributed by atoms with Crippen LogP contribution in [0.25, 0.3) is 0 Å². The zero-order valence-corrected chi connectivity index (χ0v) is 21.4. The lowest BCUT2D eigenvalue weighted by Gasteiger charge is -2.23. The van der Waals surface area contributed by atoms with Crippen molar-refractivity contribution in [2.75, 3.05) is 34.3 Å². The fourth-order valence-electron chi connectivity index (χ4n) is 2.96. The van der Waals surface area contributed by atoms with E-state index in [1.165, 1.54) is 31.4 Å². The summed E-state index contributed by atoms with van der Waals surface area (Å²) >= 11 is 3.30. The second-order valence-electron chi connectivity index (χ2n) is 7.13. The van der Waals surface area contributed by atoms with Crippen molar-refractivity contribution in [1.82, 2.24) is 0 Å². The summed E-state index contributed by atoms with van der Waals surface area (Å²) in [5.74, 6) is 0.00486. The van der Waals surface area contributed by atoms with Crippen LogP contribution in [0, 0.1) is 0 Å². The van der Waals surface area contributed by atoms with Crippen LogP contribution in [0.15, 0.2) is 82.2 Å². The lowest BCUT2D eigenvalue weighted by Crippen LogP contribution is -2.37. The fourth-order valence-corrected chi connectivity index (χ4v) is 5.50. The van der Waals surface area contributed by atoms with E-state index in [0.717, 1.165) is 10.6 Å². The molecule has 0 saturated heterocycles. The SMILES string of the molecule is COc1ccc(NS(=O)(=O)c2ccc(NC(=O)CN(c3ccccc3Br)S(C)(=O)=O)cc2)cc1. The third kappa shape index (κ3) is 6.49. The minimum Gasteiger partial charge on any atom is -0.497 e. The summed E-state index contributed by atoms with van der Waals surface area (Å²) in [6, 6.07) is 18.6. The Bertz CT molecular complexity index is 1380. The molecule has 0 aliphatic rings. The highest BCUT2D eigenvalue weighted by Gasteiger charge is 2.23. The van der Waals surface area contributed by atoms with Crippen LogP contribution in [0.5, 0.6) is 5.75 Å². The number of ether oxygens (including phenoxy) is 1. The monoisotopic (exact) mass is 567 g/mol. The van der Waals surface area contributed by atoms with Gasteiger partial charge in [-0.2, -0.15) is 0 Å². The molecule has 1 amide bonds. The van der Waals surface area contributed by atoms with Crippen LogP contribution in [0.2, 0.25) is 0 Å². The Balaban J connectivity index is 1.70. The molecule has 3 aromatic rings. The van der Waals surface area contributed by atoms with E-state index in [1.807, 2.05) is 0 Å². The molecule has 12 heteroatoms. The predicted molar refractivity (Wildman–Crippen MR) is 135 cm³/mol. The van der Waals surface area contributed by atoms with E-state index in [-0.39, 0.29) is 4.90 Å². The van der Waals surface area contributed by atoms with Crippen LogP contribution in [-0.2, 0) is 24.8 Å². The summed E-state index contributed by atoms with van der Waals surface area (Å²) in [4.78, 5) is 12.5. The number of carbonyl (C=O) groups excluding carboxylic acids is 1. The number of para-hydroxylation sites is 1. The van der Waals surface area contributed by atoms with E-state index in [2.05, 4.69) is 26.0 Å². The largest absolute Gasteiger partial charge is 0.497 e. The number of amides is 1. The number of anilines is 3. The third-order valence-corrected chi connectivity index (χ3v) is 7.79. The van der Waals surface area contributed by atoms with Gasteiger partial charge in [-0.1, -0.05) is 12.1 Å². The Hall–Kier alpha value is -3.09. The van der Waals surface area contributed by atoms with Crippen molar-refractivity contribution in [1.29, 1.82) is 0 Å². The van der Waals surface area contributed by atoms with Gasteiger partial charge in [0, 0.05) is 15.8 Å². The second-order valence-corrected chi connectivity index (χ2v) is 11.6. The van der Waals surface area contributed by atoms with Crippen molar-refractivity contribution in [2.24, 2.45) is 0 Å². The Morgan fingerprint density at radius 2 is 1.50 bits per heavy atom. The minimum atomic E-state index is -3.85. The smallest absolute Gasteiger partial charge is 0.261 e. The van der Waals surface area contributed by atoms with Crippen LogP contribution >= 0.6 is 15.9 Å². The summed E-state index contributed by atoms with van der Waals surface area (Å²) in [6.07, 6.45) is 1.01. The molecule has 2 N–H and O–H groups in total. The first-order valence-corrected chi connectivity index (χ1v) is 13.9. The first-order valence-electron chi connectivity index (χ1n) is 9.78. The Morgan fingerprint density at radius 1 is 0.912 bits per heavy atom. The van der Waals surface area contributed by atoms with Crippen molar-refractivity contribution < 1.29 is 26.4 Å². The summed E-state index contributed by atoms with van der Waals surface area (Å²) in [6.45, 7) is -0.458. The highest BCUT2D eigenvalue weighted by Crippen LogP contribution is 2.27. The predicted octanol–water partition coefficient (Wildman–Crippen LogP) is 3.66. The number of methoxy groups -OCH3 is 1. The second kappa shape index (κ2) is 10.5. The van der Waals surface area contributed by atoms with E-state index in [9.17, 15) is 21.6 Å². The van der Waals surface area contributed by atoms with Gasteiger partial charge in [-0.05, 0) is 76.6 Å². The van der Waals surface area contributed by atoms with Crippen molar-refractivity contribution in [3.63, 3.8) is 0 Å². The number of rotatable bonds is 9. The van der Waals surface area contributed by atoms with E-state index in [1.54, 1.807) is 48.5 Å². The standard InChI is InChI=1S/C22H22BrN3O6S2/c1-32-18-11-7-17(8-12-18)25-34(30,31)19-13-9-16(10-14-19)24-22(27)15-26(33(2,28)29)21-6-4-3-5-20(21)23/h3-14,25H,15H2,1-2H3,(H,24,27). The van der Waals surface area contributed by atoms with Gasteiger partial charge in [0.25, 0.3) is 10.0 Å². The first-order chi connectivity index (χ1) is 16.0. The molecule has 0 saturated carbocycles. The minimum absolute atomic E-state index is 0.00713. The van der Waals surface area contributed by atoms with Gasteiger partial charge in [0.1, 0.15) is 12.3 Å². The highest BCUT2D eigenvalue weighted by molar-refractivity contribution is 9.10. The topological polar surface area (TPSA) is 122 Å². The van der Waals surface area contributed by atoms with Gasteiger partial charge in [-0.15, -0.1) is 0 Å². The molecule has 3 aromatic carbocycles. The lowest BCUT2D eigenvalue weighted by atomic mass is 10.3. The van der Waals surface area contributed by atoms with Crippen LogP contribution in [0.3, 0.4) is 0 Å². The molecule has 0 atom stereocenters. The Morgan fingerprint density at radius 3 is 2.06 bits per heavy atom. The van der Waals surface area contributed by atoms with Crippen molar-refractivity contribution in [3.05, 3.63) is 77.3 Å². The first kappa shape index (κ1) is 25.5. The molecule has 0 aliphatic heterocycles. The molecule has 34 heavy (non-hydrogen) atoms. The summed E-state index contributed by atoms with van der Waals surface area (Å²) in [5.41, 5.74) is 1.01. The summed E-state index contributed by atoms with van der Waals surface area (Å²) in [5, 5.41) is 2.59. The van der Waals surface area contributed by atoms with Crippen molar-refractivity contribution in [2.45, 2.75) is 4.90 Å². The summed E-state index contributed by atoms with van der Waals surface area (Å²) in [7, 11) is -6.08. The number of nitrogens with one attached hydrogen (secondary N) is 2. The Labute approximate surface area is 207 Å². The maximum absolute atomic E-state index is 12.6. The van der Waals surface area contributed by atoms with E-state index < -0.39 is 32.5 Å². The molecular formula is C22H22BrN3O6S2. The van der Waals surface area contributed by atoms with Crippen molar-refractivity contribution in [3.8, 4) is 5.75 Å². The molecule has 0 aromatic heterocycles. The van der Waals surface area contributed by atoms with Crippen molar-refractivity contribution >= 4 is 58.9 Å². The average molecular weight is 568 g/mol. The van der Waals surface area contributed by atoms with Gasteiger partial charge in [0.15, 0.2) is 0 Å². The molecule has 0 heterocycles. The molecule has 3 rings (SSSR count). The fraction of sp³-hybridized carbons (Fsp3) is 0.136. The van der Waals surface area contributed by atoms with Gasteiger partial charge in [0.05, 0.1) is 23.9 Å². The van der Waals surface area contributed by atoms with Gasteiger partial charge in [-0.3, -0.25) is 13.8 Å². The van der Waals surface area contributed by atoms with Crippen LogP contribution in [0.1, 0.15) is 0 Å². The number of benzene rings is 3. The van der Waals surface area contributed by atoms with Gasteiger partial charge >= 0.3 is 0 Å². The zero-order valence-electron chi connectivity index (χ0n) is 18.2. The summed E-state index contributed by atoms with van der Waals surface area (Å²) < 4.78 is 58.8. The molecular weight excluding hydrogens is 546 g/mol. The van der Waals surface area contributed by atoms with E-state index in [0.29, 0.717) is 27.3 Å². The molecule has 0 fully saturated rings. The molecule has 0 unspecified atom stereocenters. The lowest BCUT2D eigenvalue weighted by molar-refractivity contribution is -0.114. The van der Waals surface area contributed by atoms with Gasteiger partial charge < -0.3 is 10.1 Å².